The molecule has 0 amide bonds. The van der Waals surface area contributed by atoms with Gasteiger partial charge < -0.3 is 4.74 Å². The van der Waals surface area contributed by atoms with Crippen LogP contribution in [0.4, 0.5) is 0 Å². The van der Waals surface area contributed by atoms with Gasteiger partial charge in [-0.15, -0.1) is 5.10 Å². The first-order valence-electron chi connectivity index (χ1n) is 10.1. The van der Waals surface area contributed by atoms with E-state index in [0.717, 1.165) is 21.3 Å². The Morgan fingerprint density at radius 1 is 1.03 bits per heavy atom. The average molecular weight is 525 g/mol. The maximum Gasteiger partial charge on any atom is 0.378 e. The van der Waals surface area contributed by atoms with Crippen LogP contribution in [0.1, 0.15) is 32.1 Å². The molecule has 0 N–H and O–H groups in total. The lowest BCUT2D eigenvalue weighted by molar-refractivity contribution is 0.0462. The lowest BCUT2D eigenvalue weighted by Crippen LogP contribution is -2.15. The summed E-state index contributed by atoms with van der Waals surface area (Å²) in [6.07, 6.45) is 0. The monoisotopic (exact) mass is 523 g/mol. The number of carbonyl (C=O) groups excluding carboxylic acids is 2. The molecule has 6 nitrogen and oxygen atoms in total. The van der Waals surface area contributed by atoms with E-state index in [1.807, 2.05) is 38.1 Å². The topological polar surface area (TPSA) is 74.1 Å². The number of halogens is 2. The van der Waals surface area contributed by atoms with E-state index < -0.39 is 12.6 Å². The van der Waals surface area contributed by atoms with E-state index in [1.54, 1.807) is 47.1 Å². The molecule has 8 heteroatoms. The van der Waals surface area contributed by atoms with Crippen LogP contribution in [0.25, 0.3) is 17.1 Å². The molecule has 1 aromatic heterocycles. The highest BCUT2D eigenvalue weighted by molar-refractivity contribution is 9.10. The van der Waals surface area contributed by atoms with Crippen LogP contribution in [0.3, 0.4) is 0 Å². The molecule has 4 rings (SSSR count). The third kappa shape index (κ3) is 5.05. The maximum atomic E-state index is 12.7. The van der Waals surface area contributed by atoms with Crippen LogP contribution < -0.4 is 0 Å². The van der Waals surface area contributed by atoms with Crippen molar-refractivity contribution in [2.24, 2.45) is 0 Å². The summed E-state index contributed by atoms with van der Waals surface area (Å²) in [5.74, 6) is -0.806. The molecule has 0 saturated carbocycles. The Morgan fingerprint density at radius 3 is 2.48 bits per heavy atom. The quantitative estimate of drug-likeness (QED) is 0.228. The Labute approximate surface area is 204 Å². The highest BCUT2D eigenvalue weighted by Gasteiger charge is 2.22. The van der Waals surface area contributed by atoms with Gasteiger partial charge in [-0.25, -0.2) is 14.5 Å². The van der Waals surface area contributed by atoms with E-state index in [2.05, 4.69) is 26.0 Å². The van der Waals surface area contributed by atoms with Gasteiger partial charge in [-0.05, 0) is 55.3 Å². The van der Waals surface area contributed by atoms with E-state index in [4.69, 9.17) is 16.3 Å². The summed E-state index contributed by atoms with van der Waals surface area (Å²) in [5, 5.41) is 4.96. The van der Waals surface area contributed by atoms with Crippen molar-refractivity contribution in [1.29, 1.82) is 0 Å². The first-order chi connectivity index (χ1) is 15.8. The van der Waals surface area contributed by atoms with Crippen molar-refractivity contribution in [1.82, 2.24) is 14.8 Å². The molecule has 0 saturated heterocycles. The lowest BCUT2D eigenvalue weighted by atomic mass is 10.1. The van der Waals surface area contributed by atoms with E-state index in [9.17, 15) is 9.59 Å². The van der Waals surface area contributed by atoms with Gasteiger partial charge in [0.15, 0.2) is 18.2 Å². The molecule has 33 heavy (non-hydrogen) atoms. The van der Waals surface area contributed by atoms with Crippen molar-refractivity contribution in [3.05, 3.63) is 98.7 Å². The number of hydrogen-bond acceptors (Lipinski definition) is 5. The summed E-state index contributed by atoms with van der Waals surface area (Å²) in [7, 11) is 0. The lowest BCUT2D eigenvalue weighted by Gasteiger charge is -2.11. The van der Waals surface area contributed by atoms with Crippen molar-refractivity contribution in [2.75, 3.05) is 6.61 Å². The van der Waals surface area contributed by atoms with E-state index in [0.29, 0.717) is 22.0 Å². The highest BCUT2D eigenvalue weighted by atomic mass is 79.9. The molecule has 0 bridgehead atoms. The molecule has 0 fully saturated rings. The molecule has 0 aliphatic heterocycles. The minimum absolute atomic E-state index is 0.144. The van der Waals surface area contributed by atoms with E-state index >= 15 is 0 Å². The number of hydrogen-bond donors (Lipinski definition) is 0. The minimum Gasteiger partial charge on any atom is -0.451 e. The van der Waals surface area contributed by atoms with E-state index in [1.165, 1.54) is 0 Å². The van der Waals surface area contributed by atoms with Crippen LogP contribution in [0.2, 0.25) is 5.02 Å². The molecular weight excluding hydrogens is 506 g/mol. The maximum absolute atomic E-state index is 12.7. The summed E-state index contributed by atoms with van der Waals surface area (Å²) >= 11 is 9.51. The molecule has 0 aliphatic carbocycles. The third-order valence-electron chi connectivity index (χ3n) is 5.18. The smallest absolute Gasteiger partial charge is 0.378 e. The normalized spacial score (nSPS) is 10.8. The van der Waals surface area contributed by atoms with Gasteiger partial charge in [0.05, 0.1) is 5.69 Å². The Hall–Kier alpha value is -3.29. The first kappa shape index (κ1) is 22.9. The second-order valence-electron chi connectivity index (χ2n) is 7.41. The number of rotatable bonds is 6. The van der Waals surface area contributed by atoms with Crippen LogP contribution in [0.5, 0.6) is 0 Å². The second-order valence-corrected chi connectivity index (χ2v) is 8.76. The third-order valence-corrected chi connectivity index (χ3v) is 5.94. The minimum atomic E-state index is -0.784. The Morgan fingerprint density at radius 2 is 1.76 bits per heavy atom. The van der Waals surface area contributed by atoms with Crippen molar-refractivity contribution in [3.8, 4) is 17.1 Å². The van der Waals surface area contributed by atoms with Gasteiger partial charge >= 0.3 is 5.97 Å². The van der Waals surface area contributed by atoms with Crippen molar-refractivity contribution in [2.45, 2.75) is 13.8 Å². The Balaban J connectivity index is 1.66. The van der Waals surface area contributed by atoms with Crippen LogP contribution >= 0.6 is 27.5 Å². The number of aryl methyl sites for hydroxylation is 1. The average Bonchev–Trinajstić information content (AvgIpc) is 3.25. The van der Waals surface area contributed by atoms with Gasteiger partial charge in [-0.2, -0.15) is 0 Å². The van der Waals surface area contributed by atoms with Gasteiger partial charge in [-0.3, -0.25) is 4.79 Å². The fourth-order valence-electron chi connectivity index (χ4n) is 3.26. The van der Waals surface area contributed by atoms with Gasteiger partial charge in [0.1, 0.15) is 0 Å². The summed E-state index contributed by atoms with van der Waals surface area (Å²) in [4.78, 5) is 29.5. The Bertz CT molecular complexity index is 1350. The SMILES string of the molecule is Cc1cccc(-n2nc(C(=O)OCC(=O)c3ccc(Br)cc3)nc2-c2cccc(Cl)c2)c1C. The fraction of sp³-hybridized carbons (Fsp3) is 0.120. The van der Waals surface area contributed by atoms with Crippen molar-refractivity contribution in [3.63, 3.8) is 0 Å². The molecule has 0 atom stereocenters. The zero-order valence-electron chi connectivity index (χ0n) is 17.9. The number of nitrogens with zero attached hydrogens (tertiary/aromatic N) is 3. The molecule has 0 spiro atoms. The first-order valence-corrected chi connectivity index (χ1v) is 11.3. The number of ether oxygens (including phenoxy) is 1. The summed E-state index contributed by atoms with van der Waals surface area (Å²) in [6, 6.07) is 19.8. The van der Waals surface area contributed by atoms with Gasteiger partial charge in [0.2, 0.25) is 0 Å². The van der Waals surface area contributed by atoms with Crippen LogP contribution in [-0.4, -0.2) is 33.1 Å². The number of benzene rings is 3. The fourth-order valence-corrected chi connectivity index (χ4v) is 3.72. The molecule has 3 aromatic carbocycles. The zero-order valence-corrected chi connectivity index (χ0v) is 20.2. The van der Waals surface area contributed by atoms with Gasteiger partial charge in [0, 0.05) is 20.6 Å². The summed E-state index contributed by atoms with van der Waals surface area (Å²) in [5.41, 5.74) is 3.99. The van der Waals surface area contributed by atoms with Crippen molar-refractivity contribution < 1.29 is 14.3 Å². The predicted octanol–water partition coefficient (Wildman–Crippen LogP) is 6.01. The predicted molar refractivity (Wildman–Crippen MR) is 130 cm³/mol. The molecular formula is C25H19BrClN3O3. The zero-order chi connectivity index (χ0) is 23.5. The summed E-state index contributed by atoms with van der Waals surface area (Å²) < 4.78 is 7.68. The Kier molecular flexibility index (Phi) is 6.72. The number of ketones is 1. The number of esters is 1. The highest BCUT2D eigenvalue weighted by Crippen LogP contribution is 2.26. The standard InChI is InChI=1S/C25H19BrClN3O3/c1-15-5-3-8-21(16(15)2)30-24(18-6-4-7-20(27)13-18)28-23(29-30)25(32)33-14-22(31)17-9-11-19(26)12-10-17/h3-13H,14H2,1-2H3. The molecule has 1 heterocycles. The van der Waals surface area contributed by atoms with Crippen LogP contribution in [-0.2, 0) is 4.74 Å². The molecule has 4 aromatic rings. The van der Waals surface area contributed by atoms with Gasteiger partial charge in [0.25, 0.3) is 5.82 Å². The van der Waals surface area contributed by atoms with Gasteiger partial charge in [-0.1, -0.05) is 63.9 Å². The molecule has 0 aliphatic rings. The second kappa shape index (κ2) is 9.68. The number of Topliss-reactive ketones (excluding diaryl/α,β-unsaturated/α-hetero) is 1. The van der Waals surface area contributed by atoms with Crippen LogP contribution in [0, 0.1) is 13.8 Å². The largest absolute Gasteiger partial charge is 0.451 e. The van der Waals surface area contributed by atoms with Crippen molar-refractivity contribution >= 4 is 39.3 Å². The molecule has 0 radical (unpaired) electrons. The van der Waals surface area contributed by atoms with E-state index in [-0.39, 0.29) is 11.6 Å². The molecule has 0 unspecified atom stereocenters. The molecule has 166 valence electrons. The van der Waals surface area contributed by atoms with Crippen LogP contribution in [0.15, 0.2) is 71.2 Å². The number of aromatic nitrogens is 3. The summed E-state index contributed by atoms with van der Waals surface area (Å²) in [6.45, 7) is 3.56. The number of carbonyl (C=O) groups is 2.